The van der Waals surface area contributed by atoms with Crippen LogP contribution in [0.25, 0.3) is 0 Å². The van der Waals surface area contributed by atoms with Gasteiger partial charge in [0.1, 0.15) is 13.2 Å². The fourth-order valence-electron chi connectivity index (χ4n) is 2.06. The molecule has 0 aliphatic rings. The molecule has 0 aromatic carbocycles. The molecule has 0 saturated carbocycles. The van der Waals surface area contributed by atoms with E-state index in [4.69, 9.17) is 9.05 Å². The van der Waals surface area contributed by atoms with Crippen molar-refractivity contribution in [1.29, 1.82) is 0 Å². The summed E-state index contributed by atoms with van der Waals surface area (Å²) < 4.78 is 22.3. The highest BCUT2D eigenvalue weighted by Gasteiger charge is 2.21. The molecule has 0 aliphatic heterocycles. The van der Waals surface area contributed by atoms with Gasteiger partial charge < -0.3 is 9.38 Å². The van der Waals surface area contributed by atoms with E-state index in [9.17, 15) is 9.46 Å². The lowest BCUT2D eigenvalue weighted by Crippen LogP contribution is -2.37. The largest absolute Gasteiger partial charge is 0.472 e. The van der Waals surface area contributed by atoms with Crippen molar-refractivity contribution in [3.8, 4) is 0 Å². The number of nitrogens with zero attached hydrogens (tertiary/aromatic N) is 1. The lowest BCUT2D eigenvalue weighted by atomic mass is 10.1. The number of quaternary nitrogens is 1. The van der Waals surface area contributed by atoms with Crippen molar-refractivity contribution in [3.63, 3.8) is 0 Å². The Morgan fingerprint density at radius 3 is 1.77 bits per heavy atom. The molecule has 0 bridgehead atoms. The zero-order valence-electron chi connectivity index (χ0n) is 15.1. The molecule has 0 rings (SSSR count). The van der Waals surface area contributed by atoms with E-state index in [2.05, 4.69) is 6.92 Å². The van der Waals surface area contributed by atoms with Crippen LogP contribution in [0.3, 0.4) is 0 Å². The Morgan fingerprint density at radius 1 is 0.818 bits per heavy atom. The summed E-state index contributed by atoms with van der Waals surface area (Å²) in [6, 6.07) is 0. The van der Waals surface area contributed by atoms with Crippen molar-refractivity contribution < 1.29 is 23.0 Å². The van der Waals surface area contributed by atoms with Crippen molar-refractivity contribution in [2.45, 2.75) is 64.7 Å². The third-order valence-corrected chi connectivity index (χ3v) is 4.54. The molecule has 0 aliphatic carbocycles. The maximum Gasteiger partial charge on any atom is 0.472 e. The van der Waals surface area contributed by atoms with Gasteiger partial charge in [-0.3, -0.25) is 9.05 Å². The average Bonchev–Trinajstić information content (AvgIpc) is 2.39. The van der Waals surface area contributed by atoms with Gasteiger partial charge in [-0.1, -0.05) is 58.3 Å². The van der Waals surface area contributed by atoms with Gasteiger partial charge in [-0.25, -0.2) is 4.57 Å². The molecule has 22 heavy (non-hydrogen) atoms. The summed E-state index contributed by atoms with van der Waals surface area (Å²) in [5.41, 5.74) is 0. The van der Waals surface area contributed by atoms with E-state index in [1.807, 2.05) is 21.1 Å². The molecule has 5 nitrogen and oxygen atoms in total. The van der Waals surface area contributed by atoms with Crippen LogP contribution in [0.1, 0.15) is 64.7 Å². The van der Waals surface area contributed by atoms with Gasteiger partial charge in [0.05, 0.1) is 27.7 Å². The van der Waals surface area contributed by atoms with Gasteiger partial charge >= 0.3 is 7.82 Å². The third-order valence-electron chi connectivity index (χ3n) is 3.52. The highest BCUT2D eigenvalue weighted by Crippen LogP contribution is 2.43. The van der Waals surface area contributed by atoms with E-state index < -0.39 is 7.82 Å². The molecule has 0 fully saturated rings. The predicted molar refractivity (Wildman–Crippen MR) is 91.9 cm³/mol. The Bertz CT molecular complexity index is 305. The molecule has 1 N–H and O–H groups in total. The molecule has 0 amide bonds. The van der Waals surface area contributed by atoms with Crippen molar-refractivity contribution in [2.24, 2.45) is 0 Å². The second-order valence-electron chi connectivity index (χ2n) is 6.98. The van der Waals surface area contributed by atoms with Gasteiger partial charge in [0, 0.05) is 0 Å². The van der Waals surface area contributed by atoms with Crippen LogP contribution >= 0.6 is 7.82 Å². The van der Waals surface area contributed by atoms with Crippen LogP contribution in [0.15, 0.2) is 0 Å². The fraction of sp³-hybridized carbons (Fsp3) is 1.00. The van der Waals surface area contributed by atoms with Gasteiger partial charge in [0.25, 0.3) is 0 Å². The highest BCUT2D eigenvalue weighted by molar-refractivity contribution is 7.47. The Balaban J connectivity index is 3.43. The molecule has 0 heterocycles. The van der Waals surface area contributed by atoms with Gasteiger partial charge in [0.15, 0.2) is 0 Å². The first kappa shape index (κ1) is 22.1. The molecule has 0 saturated heterocycles. The van der Waals surface area contributed by atoms with Gasteiger partial charge in [-0.05, 0) is 6.42 Å². The number of hydrogen-bond donors (Lipinski definition) is 1. The average molecular weight is 338 g/mol. The number of hydrogen-bond acceptors (Lipinski definition) is 3. The molecule has 0 aromatic heterocycles. The van der Waals surface area contributed by atoms with Crippen LogP contribution in [-0.4, -0.2) is 50.3 Å². The topological polar surface area (TPSA) is 55.8 Å². The number of rotatable bonds is 15. The van der Waals surface area contributed by atoms with E-state index in [-0.39, 0.29) is 6.61 Å². The van der Waals surface area contributed by atoms with Crippen LogP contribution in [0.4, 0.5) is 0 Å². The Labute approximate surface area is 137 Å². The van der Waals surface area contributed by atoms with E-state index in [0.717, 1.165) is 12.8 Å². The van der Waals surface area contributed by atoms with Crippen molar-refractivity contribution in [1.82, 2.24) is 0 Å². The fourth-order valence-corrected chi connectivity index (χ4v) is 2.81. The highest BCUT2D eigenvalue weighted by atomic mass is 31.2. The lowest BCUT2D eigenvalue weighted by molar-refractivity contribution is -0.870. The van der Waals surface area contributed by atoms with E-state index in [1.54, 1.807) is 0 Å². The maximum atomic E-state index is 11.6. The quantitative estimate of drug-likeness (QED) is 0.274. The molecule has 134 valence electrons. The van der Waals surface area contributed by atoms with Crippen molar-refractivity contribution in [2.75, 3.05) is 40.9 Å². The van der Waals surface area contributed by atoms with E-state index in [0.29, 0.717) is 17.6 Å². The summed E-state index contributed by atoms with van der Waals surface area (Å²) in [5.74, 6) is 0. The zero-order chi connectivity index (χ0) is 16.9. The number of likely N-dealkylation sites (N-methyl/N-ethyl adjacent to an activating group) is 1. The maximum absolute atomic E-state index is 11.6. The molecular formula is C16H37NO4P+. The van der Waals surface area contributed by atoms with E-state index in [1.165, 1.54) is 44.9 Å². The van der Waals surface area contributed by atoms with E-state index >= 15 is 0 Å². The summed E-state index contributed by atoms with van der Waals surface area (Å²) >= 11 is 0. The first-order chi connectivity index (χ1) is 10.3. The SMILES string of the molecule is CCCCCCCCCCCOP(=O)(O)OCC[N+](C)(C)C. The predicted octanol–water partition coefficient (Wildman–Crippen LogP) is 4.36. The minimum absolute atomic E-state index is 0.231. The summed E-state index contributed by atoms with van der Waals surface area (Å²) in [7, 11) is 2.16. The van der Waals surface area contributed by atoms with Crippen LogP contribution in [0.5, 0.6) is 0 Å². The second-order valence-corrected chi connectivity index (χ2v) is 8.43. The summed E-state index contributed by atoms with van der Waals surface area (Å²) in [4.78, 5) is 9.54. The molecule has 1 unspecified atom stereocenters. The molecule has 0 aromatic rings. The number of phosphoric ester groups is 1. The number of phosphoric acid groups is 1. The Kier molecular flexibility index (Phi) is 12.5. The minimum atomic E-state index is -3.86. The van der Waals surface area contributed by atoms with Crippen LogP contribution in [0, 0.1) is 0 Å². The number of unbranched alkanes of at least 4 members (excludes halogenated alkanes) is 8. The first-order valence-electron chi connectivity index (χ1n) is 8.69. The minimum Gasteiger partial charge on any atom is -0.329 e. The molecule has 0 spiro atoms. The second kappa shape index (κ2) is 12.5. The summed E-state index contributed by atoms with van der Waals surface area (Å²) in [6.07, 6.45) is 10.9. The normalized spacial score (nSPS) is 15.0. The van der Waals surface area contributed by atoms with Crippen molar-refractivity contribution in [3.05, 3.63) is 0 Å². The van der Waals surface area contributed by atoms with Crippen LogP contribution in [-0.2, 0) is 13.6 Å². The standard InChI is InChI=1S/C16H36NO4P/c1-5-6-7-8-9-10-11-12-13-15-20-22(18,19)21-16-14-17(2,3)4/h5-16H2,1-4H3/p+1. The van der Waals surface area contributed by atoms with Crippen LogP contribution in [0.2, 0.25) is 0 Å². The molecular weight excluding hydrogens is 301 g/mol. The van der Waals surface area contributed by atoms with Gasteiger partial charge in [-0.15, -0.1) is 0 Å². The molecule has 0 radical (unpaired) electrons. The van der Waals surface area contributed by atoms with Gasteiger partial charge in [0.2, 0.25) is 0 Å². The van der Waals surface area contributed by atoms with Gasteiger partial charge in [-0.2, -0.15) is 0 Å². The summed E-state index contributed by atoms with van der Waals surface area (Å²) in [6.45, 7) is 3.43. The monoisotopic (exact) mass is 338 g/mol. The Hall–Kier alpha value is 0.0700. The first-order valence-corrected chi connectivity index (χ1v) is 10.2. The molecule has 6 heteroatoms. The third kappa shape index (κ3) is 16.4. The Morgan fingerprint density at radius 2 is 1.27 bits per heavy atom. The van der Waals surface area contributed by atoms with Crippen LogP contribution < -0.4 is 0 Å². The smallest absolute Gasteiger partial charge is 0.329 e. The lowest BCUT2D eigenvalue weighted by Gasteiger charge is -2.24. The van der Waals surface area contributed by atoms with Crippen molar-refractivity contribution >= 4 is 7.82 Å². The zero-order valence-corrected chi connectivity index (χ0v) is 15.9. The summed E-state index contributed by atoms with van der Waals surface area (Å²) in [5, 5.41) is 0. The molecule has 1 atom stereocenters.